The highest BCUT2D eigenvalue weighted by Crippen LogP contribution is 2.38. The number of hydrogen-bond donors (Lipinski definition) is 1. The molecule has 94 valence electrons. The lowest BCUT2D eigenvalue weighted by Gasteiger charge is -2.40. The molecule has 0 radical (unpaired) electrons. The van der Waals surface area contributed by atoms with Crippen molar-refractivity contribution >= 4 is 14.1 Å². The lowest BCUT2D eigenvalue weighted by atomic mass is 9.94. The van der Waals surface area contributed by atoms with Gasteiger partial charge in [-0.2, -0.15) is 0 Å². The molecule has 0 amide bonds. The van der Waals surface area contributed by atoms with E-state index in [2.05, 4.69) is 33.9 Å². The van der Waals surface area contributed by atoms with Gasteiger partial charge in [-0.15, -0.1) is 0 Å². The molecule has 1 saturated carbocycles. The van der Waals surface area contributed by atoms with Crippen molar-refractivity contribution < 1.29 is 14.3 Å². The van der Waals surface area contributed by atoms with Crippen LogP contribution in [0.2, 0.25) is 18.1 Å². The highest BCUT2D eigenvalue weighted by molar-refractivity contribution is 6.74. The molecule has 0 bridgehead atoms. The first-order valence-corrected chi connectivity index (χ1v) is 8.93. The molecule has 0 spiro atoms. The van der Waals surface area contributed by atoms with Gasteiger partial charge in [-0.25, -0.2) is 0 Å². The van der Waals surface area contributed by atoms with Gasteiger partial charge in [0.2, 0.25) is 0 Å². The zero-order valence-corrected chi connectivity index (χ0v) is 12.0. The minimum atomic E-state index is -1.90. The van der Waals surface area contributed by atoms with Gasteiger partial charge in [0.15, 0.2) is 14.1 Å². The van der Waals surface area contributed by atoms with Crippen molar-refractivity contribution in [3.63, 3.8) is 0 Å². The number of ketones is 1. The van der Waals surface area contributed by atoms with E-state index in [1.54, 1.807) is 0 Å². The summed E-state index contributed by atoms with van der Waals surface area (Å²) in [6, 6.07) is 0. The minimum absolute atomic E-state index is 0.107. The largest absolute Gasteiger partial charge is 0.407 e. The summed E-state index contributed by atoms with van der Waals surface area (Å²) in [7, 11) is -1.90. The number of Topliss-reactive ketones (excluding diaryl/α,β-unsaturated/α-hetero) is 1. The third kappa shape index (κ3) is 3.15. The molecule has 2 atom stereocenters. The predicted molar refractivity (Wildman–Crippen MR) is 66.9 cm³/mol. The van der Waals surface area contributed by atoms with Crippen LogP contribution in [0.5, 0.6) is 0 Å². The predicted octanol–water partition coefficient (Wildman–Crippen LogP) is 2.49. The number of aliphatic hydroxyl groups excluding tert-OH is 1. The van der Waals surface area contributed by atoms with Crippen LogP contribution < -0.4 is 0 Å². The van der Waals surface area contributed by atoms with E-state index < -0.39 is 8.32 Å². The fraction of sp³-hybridized carbons (Fsp3) is 0.917. The summed E-state index contributed by atoms with van der Waals surface area (Å²) in [6.45, 7) is 10.7. The first-order chi connectivity index (χ1) is 7.13. The summed E-state index contributed by atoms with van der Waals surface area (Å²) < 4.78 is 6.06. The molecule has 0 saturated heterocycles. The van der Waals surface area contributed by atoms with E-state index in [-0.39, 0.29) is 23.0 Å². The minimum Gasteiger partial charge on any atom is -0.407 e. The lowest BCUT2D eigenvalue weighted by molar-refractivity contribution is -0.131. The molecule has 1 aliphatic rings. The number of hydrogen-bond acceptors (Lipinski definition) is 3. The smallest absolute Gasteiger partial charge is 0.193 e. The van der Waals surface area contributed by atoms with E-state index in [0.29, 0.717) is 19.3 Å². The van der Waals surface area contributed by atoms with Gasteiger partial charge in [-0.3, -0.25) is 4.79 Å². The van der Waals surface area contributed by atoms with Gasteiger partial charge < -0.3 is 9.53 Å². The maximum atomic E-state index is 11.7. The fourth-order valence-electron chi connectivity index (χ4n) is 1.61. The average molecular weight is 244 g/mol. The van der Waals surface area contributed by atoms with Crippen LogP contribution in [0, 0.1) is 0 Å². The maximum Gasteiger partial charge on any atom is 0.193 e. The van der Waals surface area contributed by atoms with Crippen molar-refractivity contribution in [2.75, 3.05) is 0 Å². The Morgan fingerprint density at radius 1 is 1.38 bits per heavy atom. The molecule has 1 aliphatic carbocycles. The number of carbonyl (C=O) groups excluding carboxylic acids is 1. The van der Waals surface area contributed by atoms with Crippen molar-refractivity contribution in [2.45, 2.75) is 70.4 Å². The van der Waals surface area contributed by atoms with E-state index in [1.165, 1.54) is 0 Å². The SMILES string of the molecule is CC(C)(C)[Si](C)(C)O[C@H]1C[C@H](O)CCC1=O. The number of aliphatic hydroxyl groups is 1. The highest BCUT2D eigenvalue weighted by atomic mass is 28.4. The molecule has 4 heteroatoms. The first kappa shape index (κ1) is 13.9. The van der Waals surface area contributed by atoms with Crippen LogP contribution >= 0.6 is 0 Å². The third-order valence-electron chi connectivity index (χ3n) is 3.81. The highest BCUT2D eigenvalue weighted by Gasteiger charge is 2.41. The van der Waals surface area contributed by atoms with Gasteiger partial charge in [0.1, 0.15) is 6.10 Å². The average Bonchev–Trinajstić information content (AvgIpc) is 2.09. The van der Waals surface area contributed by atoms with Crippen molar-refractivity contribution in [1.82, 2.24) is 0 Å². The molecule has 0 aliphatic heterocycles. The van der Waals surface area contributed by atoms with E-state index >= 15 is 0 Å². The molecule has 16 heavy (non-hydrogen) atoms. The van der Waals surface area contributed by atoms with E-state index in [9.17, 15) is 9.90 Å². The van der Waals surface area contributed by atoms with Crippen LogP contribution in [0.4, 0.5) is 0 Å². The third-order valence-corrected chi connectivity index (χ3v) is 8.30. The molecule has 1 fully saturated rings. The van der Waals surface area contributed by atoms with Crippen LogP contribution in [-0.4, -0.2) is 31.4 Å². The van der Waals surface area contributed by atoms with Crippen LogP contribution in [0.15, 0.2) is 0 Å². The van der Waals surface area contributed by atoms with Gasteiger partial charge in [0.25, 0.3) is 0 Å². The maximum absolute atomic E-state index is 11.7. The molecular weight excluding hydrogens is 220 g/mol. The van der Waals surface area contributed by atoms with Gasteiger partial charge in [-0.05, 0) is 24.6 Å². The zero-order valence-electron chi connectivity index (χ0n) is 11.0. The van der Waals surface area contributed by atoms with E-state index in [0.717, 1.165) is 0 Å². The van der Waals surface area contributed by atoms with Crippen LogP contribution in [0.25, 0.3) is 0 Å². The molecule has 0 aromatic rings. The Balaban J connectivity index is 2.69. The molecule has 0 aromatic carbocycles. The summed E-state index contributed by atoms with van der Waals surface area (Å²) in [5, 5.41) is 9.69. The summed E-state index contributed by atoms with van der Waals surface area (Å²) in [6.07, 6.45) is 0.791. The Kier molecular flexibility index (Phi) is 3.98. The number of rotatable bonds is 2. The zero-order chi connectivity index (χ0) is 12.6. The second-order valence-corrected chi connectivity index (χ2v) is 11.0. The molecule has 1 rings (SSSR count). The summed E-state index contributed by atoms with van der Waals surface area (Å²) >= 11 is 0. The molecule has 1 N–H and O–H groups in total. The normalized spacial score (nSPS) is 28.2. The molecule has 0 heterocycles. The quantitative estimate of drug-likeness (QED) is 0.759. The lowest BCUT2D eigenvalue weighted by Crippen LogP contribution is -2.48. The van der Waals surface area contributed by atoms with E-state index in [4.69, 9.17) is 4.43 Å². The summed E-state index contributed by atoms with van der Waals surface area (Å²) in [4.78, 5) is 11.7. The topological polar surface area (TPSA) is 46.5 Å². The van der Waals surface area contributed by atoms with Crippen LogP contribution in [0.3, 0.4) is 0 Å². The summed E-state index contributed by atoms with van der Waals surface area (Å²) in [5.74, 6) is 0.162. The second-order valence-electron chi connectivity index (χ2n) is 6.26. The molecule has 3 nitrogen and oxygen atoms in total. The fourth-order valence-corrected chi connectivity index (χ4v) is 2.91. The monoisotopic (exact) mass is 244 g/mol. The Morgan fingerprint density at radius 3 is 2.44 bits per heavy atom. The van der Waals surface area contributed by atoms with Crippen molar-refractivity contribution in [2.24, 2.45) is 0 Å². The van der Waals surface area contributed by atoms with Crippen molar-refractivity contribution in [3.05, 3.63) is 0 Å². The van der Waals surface area contributed by atoms with Crippen LogP contribution in [0.1, 0.15) is 40.0 Å². The Hall–Kier alpha value is -0.193. The van der Waals surface area contributed by atoms with Gasteiger partial charge >= 0.3 is 0 Å². The second kappa shape index (κ2) is 4.59. The van der Waals surface area contributed by atoms with Gasteiger partial charge in [-0.1, -0.05) is 20.8 Å². The first-order valence-electron chi connectivity index (χ1n) is 6.02. The molecule has 0 aromatic heterocycles. The Morgan fingerprint density at radius 2 is 1.94 bits per heavy atom. The van der Waals surface area contributed by atoms with Crippen LogP contribution in [-0.2, 0) is 9.22 Å². The van der Waals surface area contributed by atoms with Crippen molar-refractivity contribution in [1.29, 1.82) is 0 Å². The van der Waals surface area contributed by atoms with E-state index in [1.807, 2.05) is 0 Å². The number of carbonyl (C=O) groups is 1. The standard InChI is InChI=1S/C12H24O3Si/c1-12(2,3)16(4,5)15-11-8-9(13)6-7-10(11)14/h9,11,13H,6-8H2,1-5H3/t9-,11+/m1/s1. The van der Waals surface area contributed by atoms with Gasteiger partial charge in [0.05, 0.1) is 6.10 Å². The molecular formula is C12H24O3Si. The van der Waals surface area contributed by atoms with Crippen molar-refractivity contribution in [3.8, 4) is 0 Å². The Bertz CT molecular complexity index is 268. The summed E-state index contributed by atoms with van der Waals surface area (Å²) in [5.41, 5.74) is 0. The Labute approximate surface area is 99.3 Å². The molecule has 0 unspecified atom stereocenters. The van der Waals surface area contributed by atoms with Gasteiger partial charge in [0, 0.05) is 12.8 Å².